The molecule has 0 saturated heterocycles. The summed E-state index contributed by atoms with van der Waals surface area (Å²) in [5.41, 5.74) is 11.1. The van der Waals surface area contributed by atoms with Gasteiger partial charge in [-0.2, -0.15) is 5.10 Å². The quantitative estimate of drug-likeness (QED) is 0.232. The van der Waals surface area contributed by atoms with Gasteiger partial charge in [0.1, 0.15) is 11.5 Å². The second-order valence-corrected chi connectivity index (χ2v) is 8.69. The highest BCUT2D eigenvalue weighted by atomic mass is 16.5. The Morgan fingerprint density at radius 1 is 0.763 bits per heavy atom. The fourth-order valence-corrected chi connectivity index (χ4v) is 4.37. The number of nitrogens with two attached hydrogens (primary N) is 1. The van der Waals surface area contributed by atoms with Crippen molar-refractivity contribution in [2.75, 3.05) is 11.1 Å². The first-order valence-electron chi connectivity index (χ1n) is 12.1. The number of fused-ring (bicyclic) bond motifs is 1. The molecule has 2 aromatic heterocycles. The van der Waals surface area contributed by atoms with Crippen LogP contribution in [0, 0.1) is 0 Å². The summed E-state index contributed by atoms with van der Waals surface area (Å²) in [4.78, 5) is 18.0. The first kappa shape index (κ1) is 23.0. The van der Waals surface area contributed by atoms with E-state index in [4.69, 9.17) is 15.5 Å². The van der Waals surface area contributed by atoms with E-state index in [1.54, 1.807) is 6.07 Å². The second-order valence-electron chi connectivity index (χ2n) is 8.69. The number of aromatic amines is 1. The molecule has 2 heterocycles. The molecule has 0 fully saturated rings. The molecule has 1 amide bonds. The monoisotopic (exact) mass is 497 g/mol. The molecule has 7 heteroatoms. The van der Waals surface area contributed by atoms with E-state index in [0.717, 1.165) is 28.0 Å². The summed E-state index contributed by atoms with van der Waals surface area (Å²) in [5, 5.41) is 10.8. The van der Waals surface area contributed by atoms with Crippen molar-refractivity contribution >= 4 is 28.4 Å². The van der Waals surface area contributed by atoms with Crippen LogP contribution in [0.4, 0.5) is 11.5 Å². The molecule has 0 radical (unpaired) electrons. The topological polar surface area (TPSA) is 106 Å². The number of hydrogen-bond acceptors (Lipinski definition) is 5. The molecule has 4 N–H and O–H groups in total. The number of nitrogens with one attached hydrogen (secondary N) is 2. The number of hydrogen-bond donors (Lipinski definition) is 3. The summed E-state index contributed by atoms with van der Waals surface area (Å²) in [6.07, 6.45) is 0. The van der Waals surface area contributed by atoms with E-state index in [1.165, 1.54) is 0 Å². The molecule has 7 nitrogen and oxygen atoms in total. The predicted octanol–water partition coefficient (Wildman–Crippen LogP) is 6.92. The van der Waals surface area contributed by atoms with E-state index in [0.29, 0.717) is 34.0 Å². The number of nitrogen functional groups attached to an aromatic ring is 1. The molecule has 0 spiro atoms. The van der Waals surface area contributed by atoms with Crippen LogP contribution in [0.1, 0.15) is 10.4 Å². The Hall–Kier alpha value is -5.43. The van der Waals surface area contributed by atoms with Crippen LogP contribution < -0.4 is 15.8 Å². The van der Waals surface area contributed by atoms with Gasteiger partial charge in [-0.25, -0.2) is 4.98 Å². The first-order valence-corrected chi connectivity index (χ1v) is 12.1. The van der Waals surface area contributed by atoms with Crippen molar-refractivity contribution in [3.63, 3.8) is 0 Å². The fourth-order valence-electron chi connectivity index (χ4n) is 4.37. The zero-order valence-electron chi connectivity index (χ0n) is 20.3. The van der Waals surface area contributed by atoms with Crippen molar-refractivity contribution in [3.8, 4) is 33.9 Å². The molecular formula is C31H23N5O2. The van der Waals surface area contributed by atoms with E-state index in [-0.39, 0.29) is 5.91 Å². The summed E-state index contributed by atoms with van der Waals surface area (Å²) in [6, 6.07) is 36.1. The third kappa shape index (κ3) is 4.56. The van der Waals surface area contributed by atoms with Crippen molar-refractivity contribution in [2.45, 2.75) is 0 Å². The SMILES string of the molecule is Nc1n[nH]c2nc(-c3ccccc3C(=O)Nc3ccccc3)cc(-c3ccc(Oc4ccccc4)cc3)c12. The number of ether oxygens (including phenoxy) is 1. The number of carbonyl (C=O) groups is 1. The van der Waals surface area contributed by atoms with E-state index >= 15 is 0 Å². The molecule has 0 aliphatic heterocycles. The van der Waals surface area contributed by atoms with Gasteiger partial charge in [0, 0.05) is 16.8 Å². The van der Waals surface area contributed by atoms with E-state index < -0.39 is 0 Å². The van der Waals surface area contributed by atoms with Crippen LogP contribution in [0.25, 0.3) is 33.4 Å². The molecule has 0 saturated carbocycles. The largest absolute Gasteiger partial charge is 0.457 e. The zero-order valence-corrected chi connectivity index (χ0v) is 20.3. The molecule has 38 heavy (non-hydrogen) atoms. The molecular weight excluding hydrogens is 474 g/mol. The molecule has 6 rings (SSSR count). The van der Waals surface area contributed by atoms with E-state index in [2.05, 4.69) is 15.5 Å². The van der Waals surface area contributed by atoms with E-state index in [1.807, 2.05) is 109 Å². The number of nitrogens with zero attached hydrogens (tertiary/aromatic N) is 2. The van der Waals surface area contributed by atoms with Crippen LogP contribution in [-0.4, -0.2) is 21.1 Å². The lowest BCUT2D eigenvalue weighted by Crippen LogP contribution is -2.13. The van der Waals surface area contributed by atoms with Gasteiger partial charge in [0.05, 0.1) is 11.1 Å². The minimum absolute atomic E-state index is 0.221. The summed E-state index contributed by atoms with van der Waals surface area (Å²) in [7, 11) is 0. The Labute approximate surface area is 218 Å². The Morgan fingerprint density at radius 3 is 2.18 bits per heavy atom. The molecule has 0 aliphatic rings. The van der Waals surface area contributed by atoms with Crippen molar-refractivity contribution in [3.05, 3.63) is 121 Å². The average Bonchev–Trinajstić information content (AvgIpc) is 3.34. The lowest BCUT2D eigenvalue weighted by atomic mass is 9.97. The third-order valence-corrected chi connectivity index (χ3v) is 6.18. The van der Waals surface area contributed by atoms with Gasteiger partial charge in [-0.1, -0.05) is 66.7 Å². The van der Waals surface area contributed by atoms with Gasteiger partial charge < -0.3 is 15.8 Å². The second kappa shape index (κ2) is 9.91. The van der Waals surface area contributed by atoms with Crippen molar-refractivity contribution in [1.29, 1.82) is 0 Å². The maximum Gasteiger partial charge on any atom is 0.256 e. The lowest BCUT2D eigenvalue weighted by molar-refractivity contribution is 0.102. The first-order chi connectivity index (χ1) is 18.7. The lowest BCUT2D eigenvalue weighted by Gasteiger charge is -2.13. The van der Waals surface area contributed by atoms with Crippen molar-refractivity contribution < 1.29 is 9.53 Å². The number of carbonyl (C=O) groups excluding carboxylic acids is 1. The number of benzene rings is 4. The Kier molecular flexibility index (Phi) is 6.00. The summed E-state index contributed by atoms with van der Waals surface area (Å²) in [5.74, 6) is 1.61. The van der Waals surface area contributed by atoms with Gasteiger partial charge in [-0.3, -0.25) is 9.89 Å². The van der Waals surface area contributed by atoms with Gasteiger partial charge in [-0.15, -0.1) is 0 Å². The number of amides is 1. The minimum Gasteiger partial charge on any atom is -0.457 e. The smallest absolute Gasteiger partial charge is 0.256 e. The molecule has 4 aromatic carbocycles. The number of aromatic nitrogens is 3. The number of para-hydroxylation sites is 2. The standard InChI is InChI=1S/C31H23N5O2/c32-29-28-26(20-15-17-23(18-16-20)38-22-11-5-2-6-12-22)19-27(34-30(28)36-35-29)24-13-7-8-14-25(24)31(37)33-21-9-3-1-4-10-21/h1-19H,(H,33,37)(H3,32,34,35,36). The van der Waals surface area contributed by atoms with Crippen LogP contribution in [0.2, 0.25) is 0 Å². The Morgan fingerprint density at radius 2 is 1.42 bits per heavy atom. The molecule has 0 bridgehead atoms. The van der Waals surface area contributed by atoms with E-state index in [9.17, 15) is 4.79 Å². The summed E-state index contributed by atoms with van der Waals surface area (Å²) < 4.78 is 5.95. The Bertz CT molecular complexity index is 1730. The molecule has 184 valence electrons. The normalized spacial score (nSPS) is 10.8. The molecule has 6 aromatic rings. The highest BCUT2D eigenvalue weighted by Crippen LogP contribution is 2.36. The van der Waals surface area contributed by atoms with Gasteiger partial charge in [0.15, 0.2) is 11.5 Å². The highest BCUT2D eigenvalue weighted by Gasteiger charge is 2.18. The Balaban J connectivity index is 1.40. The third-order valence-electron chi connectivity index (χ3n) is 6.18. The summed E-state index contributed by atoms with van der Waals surface area (Å²) >= 11 is 0. The number of rotatable bonds is 6. The zero-order chi connectivity index (χ0) is 25.9. The van der Waals surface area contributed by atoms with Crippen molar-refractivity contribution in [1.82, 2.24) is 15.2 Å². The maximum atomic E-state index is 13.2. The average molecular weight is 498 g/mol. The van der Waals surface area contributed by atoms with Gasteiger partial charge >= 0.3 is 0 Å². The predicted molar refractivity (Wildman–Crippen MR) is 150 cm³/mol. The molecule has 0 atom stereocenters. The van der Waals surface area contributed by atoms with Crippen molar-refractivity contribution in [2.24, 2.45) is 0 Å². The van der Waals surface area contributed by atoms with Gasteiger partial charge in [0.25, 0.3) is 5.91 Å². The molecule has 0 unspecified atom stereocenters. The van der Waals surface area contributed by atoms with Crippen LogP contribution in [0.15, 0.2) is 115 Å². The van der Waals surface area contributed by atoms with Crippen LogP contribution in [0.5, 0.6) is 11.5 Å². The minimum atomic E-state index is -0.221. The van der Waals surface area contributed by atoms with Gasteiger partial charge in [-0.05, 0) is 59.7 Å². The summed E-state index contributed by atoms with van der Waals surface area (Å²) in [6.45, 7) is 0. The number of pyridine rings is 1. The van der Waals surface area contributed by atoms with Crippen LogP contribution >= 0.6 is 0 Å². The molecule has 0 aliphatic carbocycles. The van der Waals surface area contributed by atoms with Crippen LogP contribution in [-0.2, 0) is 0 Å². The number of H-pyrrole nitrogens is 1. The number of anilines is 2. The highest BCUT2D eigenvalue weighted by molar-refractivity contribution is 6.09. The van der Waals surface area contributed by atoms with Crippen LogP contribution in [0.3, 0.4) is 0 Å². The maximum absolute atomic E-state index is 13.2. The van der Waals surface area contributed by atoms with Gasteiger partial charge in [0.2, 0.25) is 0 Å². The fraction of sp³-hybridized carbons (Fsp3) is 0.